The lowest BCUT2D eigenvalue weighted by atomic mass is 10.2. The summed E-state index contributed by atoms with van der Waals surface area (Å²) in [6.45, 7) is 0.799. The van der Waals surface area contributed by atoms with Crippen LogP contribution in [0.3, 0.4) is 0 Å². The number of hydrogen-bond acceptors (Lipinski definition) is 9. The molecule has 0 fully saturated rings. The van der Waals surface area contributed by atoms with Crippen LogP contribution in [0.2, 0.25) is 0 Å². The second kappa shape index (κ2) is 8.71. The minimum absolute atomic E-state index is 0.246. The van der Waals surface area contributed by atoms with Crippen molar-refractivity contribution in [3.05, 3.63) is 42.5 Å². The van der Waals surface area contributed by atoms with Crippen LogP contribution in [0, 0.1) is 0 Å². The van der Waals surface area contributed by atoms with Crippen molar-refractivity contribution < 1.29 is 13.2 Å². The smallest absolute Gasteiger partial charge is 0.276 e. The van der Waals surface area contributed by atoms with E-state index in [-0.39, 0.29) is 11.7 Å². The van der Waals surface area contributed by atoms with Crippen LogP contribution in [-0.2, 0) is 10.0 Å². The van der Waals surface area contributed by atoms with E-state index in [0.717, 1.165) is 10.2 Å². The van der Waals surface area contributed by atoms with Crippen LogP contribution in [0.4, 0.5) is 10.9 Å². The Balaban J connectivity index is 1.79. The Morgan fingerprint density at radius 3 is 2.55 bits per heavy atom. The van der Waals surface area contributed by atoms with E-state index in [9.17, 15) is 8.42 Å². The van der Waals surface area contributed by atoms with Gasteiger partial charge in [-0.05, 0) is 38.4 Å². The summed E-state index contributed by atoms with van der Waals surface area (Å²) in [5.74, 6) is 0.847. The predicted molar refractivity (Wildman–Crippen MR) is 123 cm³/mol. The minimum atomic E-state index is -3.90. The first-order chi connectivity index (χ1) is 14.9. The second-order valence-corrected chi connectivity index (χ2v) is 9.71. The van der Waals surface area contributed by atoms with E-state index >= 15 is 0 Å². The zero-order chi connectivity index (χ0) is 22.0. The molecule has 2 heterocycles. The third-order valence-corrected chi connectivity index (χ3v) is 6.69. The van der Waals surface area contributed by atoms with Crippen molar-refractivity contribution in [3.63, 3.8) is 0 Å². The molecule has 4 rings (SSSR count). The monoisotopic (exact) mass is 458 g/mol. The summed E-state index contributed by atoms with van der Waals surface area (Å²) in [5, 5.41) is 4.04. The molecule has 162 valence electrons. The topological polar surface area (TPSA) is 109 Å². The number of nitrogens with one attached hydrogen (secondary N) is 2. The fourth-order valence-electron chi connectivity index (χ4n) is 3.01. The molecule has 0 saturated heterocycles. The van der Waals surface area contributed by atoms with Gasteiger partial charge in [-0.15, -0.1) is 0 Å². The normalized spacial score (nSPS) is 12.0. The fraction of sp³-hybridized carbons (Fsp3) is 0.250. The maximum atomic E-state index is 12.8. The van der Waals surface area contributed by atoms with Crippen LogP contribution in [-0.4, -0.2) is 62.6 Å². The number of anilines is 2. The summed E-state index contributed by atoms with van der Waals surface area (Å²) in [6, 6.07) is 13.0. The number of para-hydroxylation sites is 1. The highest BCUT2D eigenvalue weighted by Crippen LogP contribution is 2.34. The molecule has 31 heavy (non-hydrogen) atoms. The zero-order valence-corrected chi connectivity index (χ0v) is 18.9. The van der Waals surface area contributed by atoms with Gasteiger partial charge in [0.05, 0.1) is 28.2 Å². The molecule has 0 unspecified atom stereocenters. The summed E-state index contributed by atoms with van der Waals surface area (Å²) in [5.41, 5.74) is 1.30. The van der Waals surface area contributed by atoms with Crippen molar-refractivity contribution in [1.29, 1.82) is 0 Å². The molecule has 0 bridgehead atoms. The summed E-state index contributed by atoms with van der Waals surface area (Å²) in [7, 11) is 1.38. The number of rotatable bonds is 8. The van der Waals surface area contributed by atoms with Gasteiger partial charge in [0.2, 0.25) is 0 Å². The molecule has 0 saturated carbocycles. The third-order valence-electron chi connectivity index (χ3n) is 4.50. The van der Waals surface area contributed by atoms with Crippen molar-refractivity contribution in [3.8, 4) is 5.75 Å². The van der Waals surface area contributed by atoms with Gasteiger partial charge in [0, 0.05) is 13.1 Å². The Bertz CT molecular complexity index is 1300. The number of benzene rings is 2. The van der Waals surface area contributed by atoms with Crippen molar-refractivity contribution >= 4 is 53.4 Å². The highest BCUT2D eigenvalue weighted by Gasteiger charge is 2.22. The first-order valence-electron chi connectivity index (χ1n) is 9.49. The van der Waals surface area contributed by atoms with Gasteiger partial charge in [0.15, 0.2) is 5.13 Å². The number of likely N-dealkylation sites (N-methyl/N-ethyl adjacent to an activating group) is 1. The van der Waals surface area contributed by atoms with Crippen molar-refractivity contribution in [1.82, 2.24) is 24.6 Å². The molecule has 9 nitrogen and oxygen atoms in total. The Morgan fingerprint density at radius 2 is 1.81 bits per heavy atom. The molecule has 2 aromatic carbocycles. The molecule has 2 aromatic heterocycles. The van der Waals surface area contributed by atoms with Gasteiger partial charge in [-0.25, -0.2) is 23.1 Å². The average Bonchev–Trinajstić information content (AvgIpc) is 3.15. The Kier molecular flexibility index (Phi) is 6.01. The molecule has 0 amide bonds. The van der Waals surface area contributed by atoms with Gasteiger partial charge in [-0.1, -0.05) is 29.5 Å². The van der Waals surface area contributed by atoms with Crippen molar-refractivity contribution in [2.24, 2.45) is 0 Å². The van der Waals surface area contributed by atoms with Crippen LogP contribution in [0.5, 0.6) is 5.75 Å². The fourth-order valence-corrected chi connectivity index (χ4v) is 4.79. The largest absolute Gasteiger partial charge is 0.496 e. The Morgan fingerprint density at radius 1 is 1.03 bits per heavy atom. The van der Waals surface area contributed by atoms with Crippen LogP contribution in [0.1, 0.15) is 0 Å². The number of fused-ring (bicyclic) bond motifs is 2. The van der Waals surface area contributed by atoms with E-state index in [1.807, 2.05) is 43.3 Å². The number of aromatic nitrogens is 3. The molecule has 11 heteroatoms. The molecule has 0 aliphatic rings. The molecule has 2 N–H and O–H groups in total. The van der Waals surface area contributed by atoms with E-state index < -0.39 is 10.0 Å². The summed E-state index contributed by atoms with van der Waals surface area (Å²) in [4.78, 5) is 15.1. The number of thiazole rings is 1. The summed E-state index contributed by atoms with van der Waals surface area (Å²) in [6.07, 6.45) is 0. The van der Waals surface area contributed by atoms with E-state index in [2.05, 4.69) is 25.0 Å². The Hall–Kier alpha value is -2.86. The van der Waals surface area contributed by atoms with Gasteiger partial charge in [0.25, 0.3) is 15.2 Å². The van der Waals surface area contributed by atoms with Gasteiger partial charge < -0.3 is 15.0 Å². The number of sulfonamides is 1. The lowest BCUT2D eigenvalue weighted by Gasteiger charge is -2.13. The number of nitrogens with zero attached hydrogens (tertiary/aromatic N) is 4. The van der Waals surface area contributed by atoms with Crippen molar-refractivity contribution in [2.45, 2.75) is 5.16 Å². The Labute approximate surface area is 184 Å². The average molecular weight is 459 g/mol. The first-order valence-corrected chi connectivity index (χ1v) is 11.8. The zero-order valence-electron chi connectivity index (χ0n) is 17.3. The van der Waals surface area contributed by atoms with E-state index in [1.54, 1.807) is 25.3 Å². The first kappa shape index (κ1) is 21.4. The maximum Gasteiger partial charge on any atom is 0.276 e. The second-order valence-electron chi connectivity index (χ2n) is 7.02. The molecule has 0 aliphatic carbocycles. The number of ether oxygens (including phenoxy) is 1. The molecule has 0 spiro atoms. The highest BCUT2D eigenvalue weighted by molar-refractivity contribution is 7.89. The molecular formula is C20H22N6O3S2. The molecule has 0 aliphatic heterocycles. The van der Waals surface area contributed by atoms with Gasteiger partial charge in [-0.3, -0.25) is 0 Å². The summed E-state index contributed by atoms with van der Waals surface area (Å²) >= 11 is 1.45. The van der Waals surface area contributed by atoms with Crippen LogP contribution >= 0.6 is 11.3 Å². The minimum Gasteiger partial charge on any atom is -0.496 e. The molecule has 0 radical (unpaired) electrons. The molecule has 0 atom stereocenters. The molecule has 4 aromatic rings. The highest BCUT2D eigenvalue weighted by atomic mass is 32.2. The van der Waals surface area contributed by atoms with Crippen LogP contribution in [0.25, 0.3) is 21.1 Å². The van der Waals surface area contributed by atoms with Crippen molar-refractivity contribution in [2.75, 3.05) is 39.6 Å². The van der Waals surface area contributed by atoms with Crippen LogP contribution < -0.4 is 14.8 Å². The van der Waals surface area contributed by atoms with E-state index in [1.165, 1.54) is 11.3 Å². The lowest BCUT2D eigenvalue weighted by molar-refractivity contribution is 0.412. The summed E-state index contributed by atoms with van der Waals surface area (Å²) < 4.78 is 34.7. The lowest BCUT2D eigenvalue weighted by Crippen LogP contribution is -2.32. The van der Waals surface area contributed by atoms with Gasteiger partial charge >= 0.3 is 0 Å². The quantitative estimate of drug-likeness (QED) is 0.388. The van der Waals surface area contributed by atoms with E-state index in [0.29, 0.717) is 34.1 Å². The van der Waals surface area contributed by atoms with Crippen LogP contribution in [0.15, 0.2) is 47.6 Å². The molecular weight excluding hydrogens is 436 g/mol. The van der Waals surface area contributed by atoms with E-state index in [4.69, 9.17) is 4.74 Å². The maximum absolute atomic E-state index is 12.8. The number of methoxy groups -OCH3 is 1. The SMILES string of the molecule is COc1cccc2nc(S(=O)(=O)NCCN(C)C)nc(Nc3nc4ccccc4s3)c12. The third kappa shape index (κ3) is 4.59. The van der Waals surface area contributed by atoms with Gasteiger partial charge in [-0.2, -0.15) is 4.98 Å². The number of hydrogen-bond donors (Lipinski definition) is 2. The predicted octanol–water partition coefficient (Wildman–Crippen LogP) is 2.83. The van der Waals surface area contributed by atoms with Gasteiger partial charge in [0.1, 0.15) is 11.6 Å². The standard InChI is InChI=1S/C20H22N6O3S2/c1-26(2)12-11-21-31(27,28)20-23-14-8-6-9-15(29-3)17(14)18(25-20)24-19-22-13-7-4-5-10-16(13)30-19/h4-10,21H,11-12H2,1-3H3,(H,22,23,24,25).